The summed E-state index contributed by atoms with van der Waals surface area (Å²) in [5.74, 6) is -0.228. The van der Waals surface area contributed by atoms with Crippen molar-refractivity contribution in [2.24, 2.45) is 11.3 Å². The van der Waals surface area contributed by atoms with Gasteiger partial charge in [0.2, 0.25) is 15.9 Å². The van der Waals surface area contributed by atoms with E-state index in [9.17, 15) is 13.2 Å². The standard InChI is InChI=1S/C16H30N2O4S/c1-11(2)14(17-23(20,21)12-6-7-12)15(19)18-8-9-22-13(10-18)16(3,4)5/h11-14,17H,6-10H2,1-5H3/t13-,14-/m1/s1. The van der Waals surface area contributed by atoms with Crippen LogP contribution in [0.4, 0.5) is 0 Å². The van der Waals surface area contributed by atoms with Crippen LogP contribution in [-0.2, 0) is 19.6 Å². The van der Waals surface area contributed by atoms with Crippen LogP contribution in [0.5, 0.6) is 0 Å². The largest absolute Gasteiger partial charge is 0.374 e. The van der Waals surface area contributed by atoms with Crippen molar-refractivity contribution in [1.82, 2.24) is 9.62 Å². The second-order valence-electron chi connectivity index (χ2n) is 8.09. The minimum Gasteiger partial charge on any atom is -0.374 e. The Morgan fingerprint density at radius 2 is 1.87 bits per heavy atom. The Hall–Kier alpha value is -0.660. The quantitative estimate of drug-likeness (QED) is 0.816. The number of sulfonamides is 1. The Morgan fingerprint density at radius 3 is 2.35 bits per heavy atom. The Labute approximate surface area is 140 Å². The number of carbonyl (C=O) groups is 1. The molecule has 2 rings (SSSR count). The lowest BCUT2D eigenvalue weighted by Gasteiger charge is -2.41. The Morgan fingerprint density at radius 1 is 1.26 bits per heavy atom. The van der Waals surface area contributed by atoms with Crippen molar-refractivity contribution in [2.75, 3.05) is 19.7 Å². The van der Waals surface area contributed by atoms with Crippen LogP contribution in [0.3, 0.4) is 0 Å². The highest BCUT2D eigenvalue weighted by Gasteiger charge is 2.41. The minimum absolute atomic E-state index is 0.0342. The third kappa shape index (κ3) is 4.67. The highest BCUT2D eigenvalue weighted by molar-refractivity contribution is 7.90. The molecule has 1 aliphatic heterocycles. The molecule has 23 heavy (non-hydrogen) atoms. The highest BCUT2D eigenvalue weighted by Crippen LogP contribution is 2.29. The Bertz CT molecular complexity index is 535. The predicted molar refractivity (Wildman–Crippen MR) is 89.5 cm³/mol. The first-order chi connectivity index (χ1) is 10.5. The molecule has 0 aromatic heterocycles. The Kier molecular flexibility index (Phi) is 5.43. The topological polar surface area (TPSA) is 75.7 Å². The van der Waals surface area contributed by atoms with Crippen molar-refractivity contribution in [1.29, 1.82) is 0 Å². The zero-order valence-electron chi connectivity index (χ0n) is 14.8. The first-order valence-electron chi connectivity index (χ1n) is 8.44. The van der Waals surface area contributed by atoms with E-state index in [1.807, 2.05) is 13.8 Å². The zero-order chi connectivity index (χ0) is 17.4. The fourth-order valence-electron chi connectivity index (χ4n) is 2.69. The highest BCUT2D eigenvalue weighted by atomic mass is 32.2. The lowest BCUT2D eigenvalue weighted by Crippen LogP contribution is -2.57. The molecule has 1 N–H and O–H groups in total. The molecule has 0 spiro atoms. The SMILES string of the molecule is CC(C)[C@@H](NS(=O)(=O)C1CC1)C(=O)N1CCO[C@@H](C(C)(C)C)C1. The van der Waals surface area contributed by atoms with Gasteiger partial charge < -0.3 is 9.64 Å². The molecule has 1 saturated carbocycles. The fraction of sp³-hybridized carbons (Fsp3) is 0.938. The number of hydrogen-bond donors (Lipinski definition) is 1. The second kappa shape index (κ2) is 6.69. The van der Waals surface area contributed by atoms with Gasteiger partial charge in [-0.2, -0.15) is 0 Å². The van der Waals surface area contributed by atoms with Crippen LogP contribution in [0.25, 0.3) is 0 Å². The molecule has 134 valence electrons. The van der Waals surface area contributed by atoms with Crippen molar-refractivity contribution >= 4 is 15.9 Å². The number of morpholine rings is 1. The van der Waals surface area contributed by atoms with Crippen molar-refractivity contribution in [3.8, 4) is 0 Å². The summed E-state index contributed by atoms with van der Waals surface area (Å²) in [6, 6.07) is -0.695. The second-order valence-corrected chi connectivity index (χ2v) is 10.1. The summed E-state index contributed by atoms with van der Waals surface area (Å²) < 4.78 is 32.8. The van der Waals surface area contributed by atoms with Crippen LogP contribution in [-0.4, -0.2) is 56.3 Å². The maximum atomic E-state index is 12.9. The van der Waals surface area contributed by atoms with Gasteiger partial charge in [0.05, 0.1) is 18.0 Å². The number of ether oxygens (including phenoxy) is 1. The van der Waals surface area contributed by atoms with Gasteiger partial charge in [-0.1, -0.05) is 34.6 Å². The number of amides is 1. The van der Waals surface area contributed by atoms with Crippen LogP contribution in [0.2, 0.25) is 0 Å². The van der Waals surface area contributed by atoms with E-state index in [0.717, 1.165) is 0 Å². The van der Waals surface area contributed by atoms with E-state index < -0.39 is 16.1 Å². The van der Waals surface area contributed by atoms with Gasteiger partial charge in [-0.05, 0) is 24.2 Å². The molecule has 1 aliphatic carbocycles. The molecule has 1 heterocycles. The molecule has 0 unspecified atom stereocenters. The summed E-state index contributed by atoms with van der Waals surface area (Å²) in [6.45, 7) is 11.5. The van der Waals surface area contributed by atoms with Crippen molar-refractivity contribution in [3.63, 3.8) is 0 Å². The summed E-state index contributed by atoms with van der Waals surface area (Å²) in [4.78, 5) is 14.6. The summed E-state index contributed by atoms with van der Waals surface area (Å²) in [5, 5.41) is -0.316. The first-order valence-corrected chi connectivity index (χ1v) is 9.98. The monoisotopic (exact) mass is 346 g/mol. The third-order valence-corrected chi connectivity index (χ3v) is 6.46. The number of carbonyl (C=O) groups excluding carboxylic acids is 1. The normalized spacial score (nSPS) is 24.8. The van der Waals surface area contributed by atoms with Gasteiger partial charge in [-0.25, -0.2) is 13.1 Å². The Balaban J connectivity index is 2.08. The molecule has 2 fully saturated rings. The molecule has 1 amide bonds. The molecular weight excluding hydrogens is 316 g/mol. The predicted octanol–water partition coefficient (Wildman–Crippen LogP) is 1.37. The summed E-state index contributed by atoms with van der Waals surface area (Å²) in [7, 11) is -3.39. The molecule has 2 atom stereocenters. The smallest absolute Gasteiger partial charge is 0.241 e. The maximum Gasteiger partial charge on any atom is 0.241 e. The number of hydrogen-bond acceptors (Lipinski definition) is 4. The average molecular weight is 346 g/mol. The van der Waals surface area contributed by atoms with Crippen molar-refractivity contribution in [2.45, 2.75) is 64.9 Å². The summed E-state index contributed by atoms with van der Waals surface area (Å²) in [5.41, 5.74) is -0.0558. The van der Waals surface area contributed by atoms with E-state index >= 15 is 0 Å². The molecule has 2 aliphatic rings. The molecule has 6 nitrogen and oxygen atoms in total. The zero-order valence-corrected chi connectivity index (χ0v) is 15.6. The fourth-order valence-corrected chi connectivity index (χ4v) is 4.37. The van der Waals surface area contributed by atoms with Crippen molar-refractivity contribution in [3.05, 3.63) is 0 Å². The minimum atomic E-state index is -3.39. The third-order valence-electron chi connectivity index (χ3n) is 4.53. The molecule has 0 bridgehead atoms. The van der Waals surface area contributed by atoms with Gasteiger partial charge >= 0.3 is 0 Å². The van der Waals surface area contributed by atoms with Crippen LogP contribution in [0.15, 0.2) is 0 Å². The molecule has 1 saturated heterocycles. The average Bonchev–Trinajstić information content (AvgIpc) is 3.28. The molecule has 0 radical (unpaired) electrons. The lowest BCUT2D eigenvalue weighted by atomic mass is 9.88. The maximum absolute atomic E-state index is 12.9. The summed E-state index contributed by atoms with van der Waals surface area (Å²) in [6.07, 6.45) is 1.35. The van der Waals surface area contributed by atoms with Gasteiger partial charge in [0.15, 0.2) is 0 Å². The van der Waals surface area contributed by atoms with Crippen LogP contribution < -0.4 is 4.72 Å². The van der Waals surface area contributed by atoms with Crippen LogP contribution >= 0.6 is 0 Å². The van der Waals surface area contributed by atoms with E-state index in [4.69, 9.17) is 4.74 Å². The lowest BCUT2D eigenvalue weighted by molar-refractivity contribution is -0.146. The van der Waals surface area contributed by atoms with Gasteiger partial charge in [-0.3, -0.25) is 4.79 Å². The van der Waals surface area contributed by atoms with E-state index in [1.165, 1.54) is 0 Å². The van der Waals surface area contributed by atoms with Crippen LogP contribution in [0, 0.1) is 11.3 Å². The van der Waals surface area contributed by atoms with E-state index in [0.29, 0.717) is 32.5 Å². The summed E-state index contributed by atoms with van der Waals surface area (Å²) >= 11 is 0. The van der Waals surface area contributed by atoms with Gasteiger partial charge in [-0.15, -0.1) is 0 Å². The van der Waals surface area contributed by atoms with Crippen molar-refractivity contribution < 1.29 is 17.9 Å². The molecule has 7 heteroatoms. The molecule has 0 aromatic rings. The number of rotatable bonds is 5. The van der Waals surface area contributed by atoms with Crippen LogP contribution in [0.1, 0.15) is 47.5 Å². The van der Waals surface area contributed by atoms with E-state index in [2.05, 4.69) is 25.5 Å². The van der Waals surface area contributed by atoms with E-state index in [1.54, 1.807) is 4.90 Å². The van der Waals surface area contributed by atoms with E-state index in [-0.39, 0.29) is 28.6 Å². The number of nitrogens with one attached hydrogen (secondary N) is 1. The van der Waals surface area contributed by atoms with Gasteiger partial charge in [0.1, 0.15) is 6.04 Å². The van der Waals surface area contributed by atoms with Gasteiger partial charge in [0.25, 0.3) is 0 Å². The number of nitrogens with zero attached hydrogens (tertiary/aromatic N) is 1. The van der Waals surface area contributed by atoms with Gasteiger partial charge in [0, 0.05) is 13.1 Å². The molecular formula is C16H30N2O4S. The first kappa shape index (κ1) is 18.7. The molecule has 0 aromatic carbocycles.